The summed E-state index contributed by atoms with van der Waals surface area (Å²) < 4.78 is 8.23. The number of carbonyl (C=O) groups excluding carboxylic acids is 1. The predicted molar refractivity (Wildman–Crippen MR) is 133 cm³/mol. The van der Waals surface area contributed by atoms with Gasteiger partial charge < -0.3 is 14.6 Å². The summed E-state index contributed by atoms with van der Waals surface area (Å²) in [6, 6.07) is 25.9. The van der Waals surface area contributed by atoms with Crippen LogP contribution in [0.3, 0.4) is 0 Å². The maximum atomic E-state index is 12.2. The van der Waals surface area contributed by atoms with Gasteiger partial charge in [-0.3, -0.25) is 4.79 Å². The molecule has 0 saturated heterocycles. The van der Waals surface area contributed by atoms with E-state index in [4.69, 9.17) is 9.72 Å². The second-order valence-corrected chi connectivity index (χ2v) is 8.09. The number of fused-ring (bicyclic) bond motifs is 1. The molecule has 0 fully saturated rings. The normalized spacial score (nSPS) is 10.9. The summed E-state index contributed by atoms with van der Waals surface area (Å²) in [5, 5.41) is 3.01. The van der Waals surface area contributed by atoms with Gasteiger partial charge in [0.1, 0.15) is 11.6 Å². The minimum Gasteiger partial charge on any atom is -0.494 e. The zero-order valence-electron chi connectivity index (χ0n) is 19.2. The Morgan fingerprint density at radius 1 is 0.939 bits per heavy atom. The maximum absolute atomic E-state index is 12.2. The van der Waals surface area contributed by atoms with E-state index in [0.29, 0.717) is 18.7 Å². The molecule has 4 rings (SSSR count). The molecule has 0 spiro atoms. The number of hydrogen-bond acceptors (Lipinski definition) is 3. The lowest BCUT2D eigenvalue weighted by Gasteiger charge is -2.11. The first kappa shape index (κ1) is 22.6. The average molecular weight is 442 g/mol. The number of nitrogens with zero attached hydrogens (tertiary/aromatic N) is 2. The number of hydrogen-bond donors (Lipinski definition) is 1. The molecule has 33 heavy (non-hydrogen) atoms. The standard InChI is InChI=1S/C28H31N3O2/c1-2-22-15-17-24(18-16-22)33-21-9-20-31-26-13-7-6-12-25(26)30-27(31)14-8-19-29-28(32)23-10-4-3-5-11-23/h3-7,10-13,15-18H,2,8-9,14,19-21H2,1H3,(H,29,32). The number of aryl methyl sites for hydroxylation is 3. The van der Waals surface area contributed by atoms with Gasteiger partial charge in [-0.25, -0.2) is 4.98 Å². The first-order valence-corrected chi connectivity index (χ1v) is 11.7. The quantitative estimate of drug-likeness (QED) is 0.316. The van der Waals surface area contributed by atoms with Crippen LogP contribution >= 0.6 is 0 Å². The second-order valence-electron chi connectivity index (χ2n) is 8.09. The molecule has 3 aromatic carbocycles. The molecular weight excluding hydrogens is 410 g/mol. The molecule has 4 aromatic rings. The van der Waals surface area contributed by atoms with Crippen molar-refractivity contribution in [3.63, 3.8) is 0 Å². The smallest absolute Gasteiger partial charge is 0.251 e. The number of para-hydroxylation sites is 2. The van der Waals surface area contributed by atoms with Crippen molar-refractivity contribution in [2.45, 2.75) is 39.2 Å². The Morgan fingerprint density at radius 3 is 2.48 bits per heavy atom. The van der Waals surface area contributed by atoms with Crippen LogP contribution in [0.25, 0.3) is 11.0 Å². The molecule has 0 bridgehead atoms. The third-order valence-corrected chi connectivity index (χ3v) is 5.76. The summed E-state index contributed by atoms with van der Waals surface area (Å²) in [5.74, 6) is 1.93. The third-order valence-electron chi connectivity index (χ3n) is 5.76. The molecule has 0 aliphatic carbocycles. The van der Waals surface area contributed by atoms with Crippen molar-refractivity contribution >= 4 is 16.9 Å². The lowest BCUT2D eigenvalue weighted by Crippen LogP contribution is -2.24. The van der Waals surface area contributed by atoms with Gasteiger partial charge >= 0.3 is 0 Å². The highest BCUT2D eigenvalue weighted by molar-refractivity contribution is 5.94. The van der Waals surface area contributed by atoms with Crippen LogP contribution in [0.2, 0.25) is 0 Å². The summed E-state index contributed by atoms with van der Waals surface area (Å²) in [6.07, 6.45) is 3.57. The Hall–Kier alpha value is -3.60. The van der Waals surface area contributed by atoms with Gasteiger partial charge in [0.25, 0.3) is 5.91 Å². The summed E-state index contributed by atoms with van der Waals surface area (Å²) >= 11 is 0. The molecule has 170 valence electrons. The van der Waals surface area contributed by atoms with E-state index in [9.17, 15) is 4.79 Å². The highest BCUT2D eigenvalue weighted by Crippen LogP contribution is 2.18. The summed E-state index contributed by atoms with van der Waals surface area (Å²) in [5.41, 5.74) is 4.16. The lowest BCUT2D eigenvalue weighted by atomic mass is 10.2. The molecule has 1 amide bonds. The molecule has 0 saturated carbocycles. The van der Waals surface area contributed by atoms with Crippen molar-refractivity contribution in [3.8, 4) is 5.75 Å². The van der Waals surface area contributed by atoms with Crippen molar-refractivity contribution < 1.29 is 9.53 Å². The fourth-order valence-corrected chi connectivity index (χ4v) is 3.94. The number of nitrogens with one attached hydrogen (secondary N) is 1. The Balaban J connectivity index is 1.31. The van der Waals surface area contributed by atoms with Crippen LogP contribution in [0.15, 0.2) is 78.9 Å². The van der Waals surface area contributed by atoms with E-state index in [1.54, 1.807) is 0 Å². The van der Waals surface area contributed by atoms with Crippen molar-refractivity contribution in [1.82, 2.24) is 14.9 Å². The summed E-state index contributed by atoms with van der Waals surface area (Å²) in [6.45, 7) is 4.28. The lowest BCUT2D eigenvalue weighted by molar-refractivity contribution is 0.0953. The first-order valence-electron chi connectivity index (χ1n) is 11.7. The number of rotatable bonds is 11. The monoisotopic (exact) mass is 441 g/mol. The van der Waals surface area contributed by atoms with E-state index < -0.39 is 0 Å². The topological polar surface area (TPSA) is 56.1 Å². The van der Waals surface area contributed by atoms with E-state index >= 15 is 0 Å². The number of imidazole rings is 1. The molecule has 1 heterocycles. The molecule has 0 radical (unpaired) electrons. The minimum absolute atomic E-state index is 0.0341. The van der Waals surface area contributed by atoms with E-state index in [1.807, 2.05) is 48.5 Å². The molecular formula is C28H31N3O2. The molecule has 0 unspecified atom stereocenters. The number of benzene rings is 3. The van der Waals surface area contributed by atoms with Gasteiger partial charge in [-0.2, -0.15) is 0 Å². The molecule has 1 aromatic heterocycles. The summed E-state index contributed by atoms with van der Waals surface area (Å²) in [4.78, 5) is 17.1. The first-order chi connectivity index (χ1) is 16.2. The highest BCUT2D eigenvalue weighted by Gasteiger charge is 2.11. The third kappa shape index (κ3) is 6.01. The predicted octanol–water partition coefficient (Wildman–Crippen LogP) is 5.43. The molecule has 0 atom stereocenters. The number of amides is 1. The SMILES string of the molecule is CCc1ccc(OCCCn2c(CCCNC(=O)c3ccccc3)nc3ccccc32)cc1. The maximum Gasteiger partial charge on any atom is 0.251 e. The van der Waals surface area contributed by atoms with E-state index in [-0.39, 0.29) is 5.91 Å². The van der Waals surface area contributed by atoms with Crippen molar-refractivity contribution in [3.05, 3.63) is 95.8 Å². The fourth-order valence-electron chi connectivity index (χ4n) is 3.94. The molecule has 0 aliphatic rings. The van der Waals surface area contributed by atoms with Crippen LogP contribution < -0.4 is 10.1 Å². The van der Waals surface area contributed by atoms with Gasteiger partial charge in [0.05, 0.1) is 17.6 Å². The Morgan fingerprint density at radius 2 is 1.70 bits per heavy atom. The molecule has 0 aliphatic heterocycles. The van der Waals surface area contributed by atoms with E-state index in [0.717, 1.165) is 54.8 Å². The number of ether oxygens (including phenoxy) is 1. The van der Waals surface area contributed by atoms with E-state index in [1.165, 1.54) is 5.56 Å². The van der Waals surface area contributed by atoms with Crippen LogP contribution in [0, 0.1) is 0 Å². The van der Waals surface area contributed by atoms with Gasteiger partial charge in [-0.05, 0) is 61.2 Å². The number of carbonyl (C=O) groups is 1. The van der Waals surface area contributed by atoms with Gasteiger partial charge in [0, 0.05) is 25.1 Å². The molecule has 5 nitrogen and oxygen atoms in total. The van der Waals surface area contributed by atoms with Gasteiger partial charge in [0.2, 0.25) is 0 Å². The second kappa shape index (κ2) is 11.3. The Labute approximate surface area is 195 Å². The van der Waals surface area contributed by atoms with Crippen molar-refractivity contribution in [2.75, 3.05) is 13.2 Å². The van der Waals surface area contributed by atoms with Gasteiger partial charge in [-0.15, -0.1) is 0 Å². The molecule has 1 N–H and O–H groups in total. The zero-order valence-corrected chi connectivity index (χ0v) is 19.2. The van der Waals surface area contributed by atoms with Gasteiger partial charge in [-0.1, -0.05) is 49.4 Å². The largest absolute Gasteiger partial charge is 0.494 e. The van der Waals surface area contributed by atoms with Crippen LogP contribution in [0.4, 0.5) is 0 Å². The zero-order chi connectivity index (χ0) is 22.9. The van der Waals surface area contributed by atoms with Crippen LogP contribution in [0.1, 0.15) is 41.5 Å². The Bertz CT molecular complexity index is 1170. The summed E-state index contributed by atoms with van der Waals surface area (Å²) in [7, 11) is 0. The Kier molecular flexibility index (Phi) is 7.75. The van der Waals surface area contributed by atoms with Crippen molar-refractivity contribution in [1.29, 1.82) is 0 Å². The average Bonchev–Trinajstić information content (AvgIpc) is 3.22. The molecule has 5 heteroatoms. The number of aromatic nitrogens is 2. The fraction of sp³-hybridized carbons (Fsp3) is 0.286. The van der Waals surface area contributed by atoms with Crippen LogP contribution in [0.5, 0.6) is 5.75 Å². The van der Waals surface area contributed by atoms with Gasteiger partial charge in [0.15, 0.2) is 0 Å². The van der Waals surface area contributed by atoms with Crippen LogP contribution in [-0.2, 0) is 19.4 Å². The van der Waals surface area contributed by atoms with E-state index in [2.05, 4.69) is 47.1 Å². The highest BCUT2D eigenvalue weighted by atomic mass is 16.5. The van der Waals surface area contributed by atoms with Crippen LogP contribution in [-0.4, -0.2) is 28.6 Å². The van der Waals surface area contributed by atoms with Crippen molar-refractivity contribution in [2.24, 2.45) is 0 Å². The minimum atomic E-state index is -0.0341.